The number of rotatable bonds is 5. The molecule has 0 saturated carbocycles. The van der Waals surface area contributed by atoms with Gasteiger partial charge in [0.25, 0.3) is 0 Å². The Morgan fingerprint density at radius 1 is 1.05 bits per heavy atom. The standard InChI is InChI=1S/C17H28N2O.ClH/c1-10(2)14-7-8-16(15(9-14)11(3)4)19-17(20)12(5)13(6)18;/h7-13H,18H2,1-6H3,(H,19,20);1H. The minimum atomic E-state index is -0.195. The Balaban J connectivity index is 0.00000400. The third kappa shape index (κ3) is 5.33. The van der Waals surface area contributed by atoms with Crippen molar-refractivity contribution in [3.63, 3.8) is 0 Å². The zero-order valence-corrected chi connectivity index (χ0v) is 14.8. The Morgan fingerprint density at radius 3 is 2.05 bits per heavy atom. The van der Waals surface area contributed by atoms with Crippen LogP contribution in [-0.4, -0.2) is 11.9 Å². The fourth-order valence-corrected chi connectivity index (χ4v) is 2.02. The van der Waals surface area contributed by atoms with Crippen LogP contribution < -0.4 is 11.1 Å². The quantitative estimate of drug-likeness (QED) is 0.852. The summed E-state index contributed by atoms with van der Waals surface area (Å²) in [6.45, 7) is 12.4. The van der Waals surface area contributed by atoms with E-state index in [1.165, 1.54) is 11.1 Å². The second-order valence-corrected chi connectivity index (χ2v) is 6.29. The van der Waals surface area contributed by atoms with E-state index in [9.17, 15) is 4.79 Å². The van der Waals surface area contributed by atoms with E-state index in [2.05, 4.69) is 45.1 Å². The van der Waals surface area contributed by atoms with Crippen LogP contribution in [0.25, 0.3) is 0 Å². The summed E-state index contributed by atoms with van der Waals surface area (Å²) in [7, 11) is 0. The molecule has 4 heteroatoms. The maximum atomic E-state index is 12.2. The van der Waals surface area contributed by atoms with Crippen LogP contribution in [0.5, 0.6) is 0 Å². The fourth-order valence-electron chi connectivity index (χ4n) is 2.02. The molecule has 0 heterocycles. The molecule has 0 aliphatic heterocycles. The number of anilines is 1. The van der Waals surface area contributed by atoms with Crippen molar-refractivity contribution in [3.8, 4) is 0 Å². The lowest BCUT2D eigenvalue weighted by Gasteiger charge is -2.20. The second kappa shape index (κ2) is 8.40. The smallest absolute Gasteiger partial charge is 0.228 e. The third-order valence-corrected chi connectivity index (χ3v) is 3.82. The van der Waals surface area contributed by atoms with Gasteiger partial charge in [0.2, 0.25) is 5.91 Å². The molecule has 1 rings (SSSR count). The zero-order valence-electron chi connectivity index (χ0n) is 13.9. The van der Waals surface area contributed by atoms with Crippen molar-refractivity contribution < 1.29 is 4.79 Å². The van der Waals surface area contributed by atoms with Gasteiger partial charge in [-0.2, -0.15) is 0 Å². The molecule has 0 saturated heterocycles. The fraction of sp³-hybridized carbons (Fsp3) is 0.588. The van der Waals surface area contributed by atoms with Crippen molar-refractivity contribution in [1.82, 2.24) is 0 Å². The van der Waals surface area contributed by atoms with Gasteiger partial charge in [-0.05, 0) is 36.0 Å². The first-order valence-corrected chi connectivity index (χ1v) is 7.44. The summed E-state index contributed by atoms with van der Waals surface area (Å²) in [4.78, 5) is 12.2. The average Bonchev–Trinajstić information content (AvgIpc) is 2.37. The van der Waals surface area contributed by atoms with E-state index >= 15 is 0 Å². The van der Waals surface area contributed by atoms with Gasteiger partial charge >= 0.3 is 0 Å². The molecule has 0 bridgehead atoms. The predicted octanol–water partition coefficient (Wildman–Crippen LogP) is 4.28. The van der Waals surface area contributed by atoms with Gasteiger partial charge in [-0.3, -0.25) is 4.79 Å². The molecular formula is C17H29ClN2O. The Morgan fingerprint density at radius 2 is 1.62 bits per heavy atom. The topological polar surface area (TPSA) is 55.1 Å². The number of benzene rings is 1. The van der Waals surface area contributed by atoms with Crippen molar-refractivity contribution >= 4 is 24.0 Å². The van der Waals surface area contributed by atoms with Crippen LogP contribution in [0.3, 0.4) is 0 Å². The van der Waals surface area contributed by atoms with Crippen molar-refractivity contribution in [2.24, 2.45) is 11.7 Å². The van der Waals surface area contributed by atoms with Gasteiger partial charge in [0, 0.05) is 11.7 Å². The monoisotopic (exact) mass is 312 g/mol. The lowest BCUT2D eigenvalue weighted by atomic mass is 9.93. The summed E-state index contributed by atoms with van der Waals surface area (Å²) in [6.07, 6.45) is 0. The Labute approximate surface area is 135 Å². The molecule has 3 nitrogen and oxygen atoms in total. The van der Waals surface area contributed by atoms with Gasteiger partial charge in [-0.1, -0.05) is 46.8 Å². The molecule has 0 aromatic heterocycles. The van der Waals surface area contributed by atoms with Crippen LogP contribution in [-0.2, 0) is 4.79 Å². The van der Waals surface area contributed by atoms with E-state index < -0.39 is 0 Å². The minimum Gasteiger partial charge on any atom is -0.327 e. The second-order valence-electron chi connectivity index (χ2n) is 6.29. The molecule has 0 spiro atoms. The molecule has 1 aromatic rings. The van der Waals surface area contributed by atoms with Crippen LogP contribution in [0.1, 0.15) is 64.5 Å². The summed E-state index contributed by atoms with van der Waals surface area (Å²) in [6, 6.07) is 6.15. The van der Waals surface area contributed by atoms with Crippen molar-refractivity contribution in [1.29, 1.82) is 0 Å². The Bertz CT molecular complexity index is 470. The van der Waals surface area contributed by atoms with E-state index in [1.54, 1.807) is 0 Å². The molecule has 21 heavy (non-hydrogen) atoms. The number of carbonyl (C=O) groups is 1. The zero-order chi connectivity index (χ0) is 15.4. The van der Waals surface area contributed by atoms with Gasteiger partial charge in [0.05, 0.1) is 5.92 Å². The molecule has 3 N–H and O–H groups in total. The van der Waals surface area contributed by atoms with Gasteiger partial charge < -0.3 is 11.1 Å². The number of carbonyl (C=O) groups excluding carboxylic acids is 1. The maximum Gasteiger partial charge on any atom is 0.228 e. The number of nitrogens with one attached hydrogen (secondary N) is 1. The highest BCUT2D eigenvalue weighted by molar-refractivity contribution is 5.93. The first kappa shape index (κ1) is 19.9. The molecule has 0 aliphatic rings. The summed E-state index contributed by atoms with van der Waals surface area (Å²) < 4.78 is 0. The van der Waals surface area contributed by atoms with E-state index in [1.807, 2.05) is 19.9 Å². The largest absolute Gasteiger partial charge is 0.327 e. The first-order valence-electron chi connectivity index (χ1n) is 7.44. The van der Waals surface area contributed by atoms with E-state index in [-0.39, 0.29) is 30.3 Å². The minimum absolute atomic E-state index is 0. The van der Waals surface area contributed by atoms with Crippen molar-refractivity contribution in [3.05, 3.63) is 29.3 Å². The van der Waals surface area contributed by atoms with Crippen LogP contribution in [0.4, 0.5) is 5.69 Å². The summed E-state index contributed by atoms with van der Waals surface area (Å²) in [5, 5.41) is 3.02. The third-order valence-electron chi connectivity index (χ3n) is 3.82. The highest BCUT2D eigenvalue weighted by Gasteiger charge is 2.19. The Hall–Kier alpha value is -1.06. The van der Waals surface area contributed by atoms with Crippen molar-refractivity contribution in [2.75, 3.05) is 5.32 Å². The first-order chi connectivity index (χ1) is 9.23. The molecule has 0 radical (unpaired) electrons. The molecule has 120 valence electrons. The summed E-state index contributed by atoms with van der Waals surface area (Å²) >= 11 is 0. The lowest BCUT2D eigenvalue weighted by molar-refractivity contribution is -0.119. The molecule has 2 unspecified atom stereocenters. The molecule has 1 amide bonds. The van der Waals surface area contributed by atoms with Crippen LogP contribution >= 0.6 is 12.4 Å². The van der Waals surface area contributed by atoms with E-state index in [0.29, 0.717) is 11.8 Å². The summed E-state index contributed by atoms with van der Waals surface area (Å²) in [5.41, 5.74) is 9.18. The number of nitrogens with two attached hydrogens (primary N) is 1. The maximum absolute atomic E-state index is 12.2. The number of halogens is 1. The van der Waals surface area contributed by atoms with Gasteiger partial charge in [-0.25, -0.2) is 0 Å². The number of amides is 1. The molecule has 2 atom stereocenters. The predicted molar refractivity (Wildman–Crippen MR) is 93.3 cm³/mol. The normalized spacial score (nSPS) is 13.8. The molecule has 1 aromatic carbocycles. The molecular weight excluding hydrogens is 284 g/mol. The van der Waals surface area contributed by atoms with Crippen LogP contribution in [0.15, 0.2) is 18.2 Å². The molecule has 0 fully saturated rings. The van der Waals surface area contributed by atoms with Crippen molar-refractivity contribution in [2.45, 2.75) is 59.4 Å². The highest BCUT2D eigenvalue weighted by atomic mass is 35.5. The lowest BCUT2D eigenvalue weighted by Crippen LogP contribution is -2.34. The molecule has 0 aliphatic carbocycles. The average molecular weight is 313 g/mol. The highest BCUT2D eigenvalue weighted by Crippen LogP contribution is 2.28. The van der Waals surface area contributed by atoms with Gasteiger partial charge in [0.15, 0.2) is 0 Å². The Kier molecular flexibility index (Phi) is 7.98. The number of hydrogen-bond acceptors (Lipinski definition) is 2. The van der Waals surface area contributed by atoms with Crippen LogP contribution in [0, 0.1) is 5.92 Å². The van der Waals surface area contributed by atoms with Gasteiger partial charge in [-0.15, -0.1) is 12.4 Å². The van der Waals surface area contributed by atoms with Crippen LogP contribution in [0.2, 0.25) is 0 Å². The SMILES string of the molecule is CC(C)c1ccc(NC(=O)C(C)C(C)N)c(C(C)C)c1.Cl. The van der Waals surface area contributed by atoms with Gasteiger partial charge in [0.1, 0.15) is 0 Å². The van der Waals surface area contributed by atoms with E-state index in [4.69, 9.17) is 5.73 Å². The van der Waals surface area contributed by atoms with E-state index in [0.717, 1.165) is 5.69 Å². The summed E-state index contributed by atoms with van der Waals surface area (Å²) in [5.74, 6) is 0.647. The number of hydrogen-bond donors (Lipinski definition) is 2.